The van der Waals surface area contributed by atoms with Gasteiger partial charge in [-0.1, -0.05) is 9.71 Å². The van der Waals surface area contributed by atoms with Gasteiger partial charge in [0.25, 0.3) is 12.1 Å². The molecule has 58 valence electrons. The molecule has 0 unspecified atom stereocenters. The Balaban J connectivity index is 3.05. The zero-order valence-corrected chi connectivity index (χ0v) is 5.68. The van der Waals surface area contributed by atoms with Crippen molar-refractivity contribution in [2.45, 2.75) is 0 Å². The molecule has 0 saturated heterocycles. The van der Waals surface area contributed by atoms with Crippen LogP contribution in [0.1, 0.15) is 0 Å². The molecule has 0 amide bonds. The predicted molar refractivity (Wildman–Crippen MR) is 38.4 cm³/mol. The van der Waals surface area contributed by atoms with E-state index in [1.54, 1.807) is 0 Å². The first-order chi connectivity index (χ1) is 5.24. The van der Waals surface area contributed by atoms with Gasteiger partial charge in [-0.2, -0.15) is 0 Å². The highest BCUT2D eigenvalue weighted by Crippen LogP contribution is 2.05. The van der Waals surface area contributed by atoms with Gasteiger partial charge in [0.05, 0.1) is 12.4 Å². The van der Waals surface area contributed by atoms with E-state index in [0.717, 1.165) is 12.7 Å². The number of nitrogen functional groups attached to an aromatic ring is 1. The molecule has 6 nitrogen and oxygen atoms in total. The maximum Gasteiger partial charge on any atom is 0.266 e. The molecule has 0 fully saturated rings. The van der Waals surface area contributed by atoms with Crippen LogP contribution in [0.15, 0.2) is 17.4 Å². The minimum Gasteiger partial charge on any atom is -0.390 e. The van der Waals surface area contributed by atoms with Crippen LogP contribution in [0.3, 0.4) is 0 Å². The Morgan fingerprint density at radius 3 is 3.00 bits per heavy atom. The quantitative estimate of drug-likeness (QED) is 0.205. The van der Waals surface area contributed by atoms with E-state index in [9.17, 15) is 0 Å². The number of aromatic nitrogens is 2. The minimum atomic E-state index is 0.153. The van der Waals surface area contributed by atoms with Crippen LogP contribution < -0.4 is 16.2 Å². The lowest BCUT2D eigenvalue weighted by Gasteiger charge is -1.91. The van der Waals surface area contributed by atoms with Crippen molar-refractivity contribution in [3.05, 3.63) is 12.4 Å². The fraction of sp³-hybridized carbons (Fsp3) is 0. The average molecular weight is 154 g/mol. The van der Waals surface area contributed by atoms with Crippen LogP contribution in [0.5, 0.6) is 0 Å². The van der Waals surface area contributed by atoms with E-state index < -0.39 is 0 Å². The first-order valence-corrected chi connectivity index (χ1v) is 2.84. The van der Waals surface area contributed by atoms with Crippen molar-refractivity contribution >= 4 is 18.0 Å². The van der Waals surface area contributed by atoms with Crippen molar-refractivity contribution in [2.75, 3.05) is 5.73 Å². The molecule has 0 aliphatic heterocycles. The highest BCUT2D eigenvalue weighted by molar-refractivity contribution is 5.57. The lowest BCUT2D eigenvalue weighted by atomic mass is 10.5. The second-order valence-corrected chi connectivity index (χ2v) is 1.79. The van der Waals surface area contributed by atoms with Crippen molar-refractivity contribution in [3.8, 4) is 0 Å². The molecule has 0 atom stereocenters. The third kappa shape index (κ3) is 1.54. The summed E-state index contributed by atoms with van der Waals surface area (Å²) in [6, 6.07) is 1.39. The SMILES string of the molecule is NC=Nc1cc(N)[n+](O)cn1. The van der Waals surface area contributed by atoms with Gasteiger partial charge in [0.15, 0.2) is 0 Å². The van der Waals surface area contributed by atoms with Crippen LogP contribution in [-0.4, -0.2) is 16.5 Å². The fourth-order valence-electron chi connectivity index (χ4n) is 0.563. The first kappa shape index (κ1) is 7.26. The van der Waals surface area contributed by atoms with Crippen LogP contribution in [0.2, 0.25) is 0 Å². The molecule has 0 bridgehead atoms. The van der Waals surface area contributed by atoms with E-state index in [4.69, 9.17) is 16.7 Å². The highest BCUT2D eigenvalue weighted by atomic mass is 16.5. The van der Waals surface area contributed by atoms with Gasteiger partial charge in [0.2, 0.25) is 5.82 Å². The van der Waals surface area contributed by atoms with E-state index in [1.165, 1.54) is 6.07 Å². The summed E-state index contributed by atoms with van der Waals surface area (Å²) in [6.45, 7) is 0. The number of nitrogens with two attached hydrogens (primary N) is 2. The smallest absolute Gasteiger partial charge is 0.266 e. The summed E-state index contributed by atoms with van der Waals surface area (Å²) in [5.41, 5.74) is 10.3. The van der Waals surface area contributed by atoms with Crippen molar-refractivity contribution in [3.63, 3.8) is 0 Å². The van der Waals surface area contributed by atoms with Gasteiger partial charge in [0, 0.05) is 0 Å². The number of nitrogens with zero attached hydrogens (tertiary/aromatic N) is 3. The minimum absolute atomic E-state index is 0.153. The molecule has 1 aromatic heterocycles. The van der Waals surface area contributed by atoms with Crippen molar-refractivity contribution in [1.82, 2.24) is 4.98 Å². The molecule has 6 heteroatoms. The van der Waals surface area contributed by atoms with Crippen LogP contribution in [-0.2, 0) is 0 Å². The Labute approximate surface area is 62.8 Å². The third-order valence-corrected chi connectivity index (χ3v) is 1.05. The number of anilines is 1. The Morgan fingerprint density at radius 1 is 1.73 bits per heavy atom. The topological polar surface area (TPSA) is 101 Å². The van der Waals surface area contributed by atoms with Crippen LogP contribution in [0.25, 0.3) is 0 Å². The lowest BCUT2D eigenvalue weighted by Crippen LogP contribution is -2.33. The van der Waals surface area contributed by atoms with Crippen molar-refractivity contribution in [2.24, 2.45) is 10.7 Å². The second kappa shape index (κ2) is 2.82. The number of aliphatic imine (C=N–C) groups is 1. The summed E-state index contributed by atoms with van der Waals surface area (Å²) in [4.78, 5) is 7.33. The molecule has 0 aliphatic carbocycles. The van der Waals surface area contributed by atoms with Gasteiger partial charge in [-0.15, -0.1) is 0 Å². The molecule has 5 N–H and O–H groups in total. The number of hydrogen-bond acceptors (Lipinski definition) is 4. The van der Waals surface area contributed by atoms with Crippen LogP contribution >= 0.6 is 0 Å². The maximum atomic E-state index is 8.86. The molecule has 0 spiro atoms. The normalized spacial score (nSPS) is 10.5. The zero-order valence-electron chi connectivity index (χ0n) is 5.68. The Bertz CT molecular complexity index is 284. The Morgan fingerprint density at radius 2 is 2.45 bits per heavy atom. The van der Waals surface area contributed by atoms with Crippen LogP contribution in [0.4, 0.5) is 11.6 Å². The van der Waals surface area contributed by atoms with E-state index in [1.807, 2.05) is 0 Å². The Hall–Kier alpha value is -1.85. The summed E-state index contributed by atoms with van der Waals surface area (Å²) in [5, 5.41) is 8.86. The molecule has 1 aromatic rings. The van der Waals surface area contributed by atoms with E-state index in [2.05, 4.69) is 9.98 Å². The summed E-state index contributed by atoms with van der Waals surface area (Å²) >= 11 is 0. The molecule has 0 aliphatic rings. The molecule has 0 saturated carbocycles. The highest BCUT2D eigenvalue weighted by Gasteiger charge is 2.03. The Kier molecular flexibility index (Phi) is 1.86. The molecule has 11 heavy (non-hydrogen) atoms. The third-order valence-electron chi connectivity index (χ3n) is 1.05. The predicted octanol–water partition coefficient (Wildman–Crippen LogP) is -1.19. The summed E-state index contributed by atoms with van der Waals surface area (Å²) in [6.07, 6.45) is 2.24. The number of hydrogen-bond donors (Lipinski definition) is 3. The maximum absolute atomic E-state index is 8.86. The monoisotopic (exact) mass is 154 g/mol. The van der Waals surface area contributed by atoms with Gasteiger partial charge in [-0.25, -0.2) is 4.99 Å². The zero-order chi connectivity index (χ0) is 8.27. The van der Waals surface area contributed by atoms with E-state index in [-0.39, 0.29) is 5.82 Å². The lowest BCUT2D eigenvalue weighted by molar-refractivity contribution is -0.895. The van der Waals surface area contributed by atoms with Gasteiger partial charge in [0.1, 0.15) is 0 Å². The summed E-state index contributed by atoms with van der Waals surface area (Å²) < 4.78 is 0.690. The molecular weight excluding hydrogens is 146 g/mol. The largest absolute Gasteiger partial charge is 0.390 e. The molecule has 0 aromatic carbocycles. The van der Waals surface area contributed by atoms with Crippen molar-refractivity contribution in [1.29, 1.82) is 0 Å². The van der Waals surface area contributed by atoms with Crippen LogP contribution in [0, 0.1) is 0 Å². The van der Waals surface area contributed by atoms with Gasteiger partial charge in [-0.3, -0.25) is 0 Å². The standard InChI is InChI=1S/C5H7N5O/c6-2-8-5-1-4(7)10(11)3-9-5/h1-3,11H,(H3,6,7,8)/p+1. The summed E-state index contributed by atoms with van der Waals surface area (Å²) in [5.74, 6) is 0.510. The van der Waals surface area contributed by atoms with Gasteiger partial charge in [-0.05, 0) is 0 Å². The fourth-order valence-corrected chi connectivity index (χ4v) is 0.563. The molecule has 1 heterocycles. The number of rotatable bonds is 1. The van der Waals surface area contributed by atoms with Gasteiger partial charge >= 0.3 is 0 Å². The average Bonchev–Trinajstić information content (AvgIpc) is 1.98. The molecule has 1 rings (SSSR count). The van der Waals surface area contributed by atoms with Gasteiger partial charge < -0.3 is 16.7 Å². The molecule has 0 radical (unpaired) electrons. The van der Waals surface area contributed by atoms with E-state index in [0.29, 0.717) is 10.5 Å². The first-order valence-electron chi connectivity index (χ1n) is 2.84. The van der Waals surface area contributed by atoms with E-state index >= 15 is 0 Å². The van der Waals surface area contributed by atoms with Crippen molar-refractivity contribution < 1.29 is 9.94 Å². The summed E-state index contributed by atoms with van der Waals surface area (Å²) in [7, 11) is 0. The molecular formula is C5H8N5O+. The second-order valence-electron chi connectivity index (χ2n) is 1.79.